The summed E-state index contributed by atoms with van der Waals surface area (Å²) >= 11 is 0. The van der Waals surface area contributed by atoms with E-state index in [-0.39, 0.29) is 0 Å². The summed E-state index contributed by atoms with van der Waals surface area (Å²) in [6, 6.07) is 0. The second-order valence-electron chi connectivity index (χ2n) is 2.95. The Morgan fingerprint density at radius 3 is 0.625 bits per heavy atom. The molecule has 0 heterocycles. The monoisotopic (exact) mass is 360 g/mol. The predicted molar refractivity (Wildman–Crippen MR) is 68.1 cm³/mol. The van der Waals surface area contributed by atoms with E-state index >= 15 is 0 Å². The average Bonchev–Trinajstić information content (AvgIpc) is 2.41. The molecule has 8 N–H and O–H groups in total. The van der Waals surface area contributed by atoms with Crippen molar-refractivity contribution in [2.24, 2.45) is 0 Å². The molecule has 0 saturated heterocycles. The summed E-state index contributed by atoms with van der Waals surface area (Å²) in [6.07, 6.45) is 0. The summed E-state index contributed by atoms with van der Waals surface area (Å²) < 4.78 is 0. The number of rotatable bonds is 0. The Bertz CT molecular complexity index is 312. The molecule has 0 radical (unpaired) electrons. The Labute approximate surface area is 135 Å². The minimum Gasteiger partial charge on any atom is -0.539 e. The van der Waals surface area contributed by atoms with Gasteiger partial charge in [0, 0.05) is 0 Å². The lowest BCUT2D eigenvalue weighted by Gasteiger charge is -1.85. The van der Waals surface area contributed by atoms with E-state index in [0.717, 1.165) is 0 Å². The van der Waals surface area contributed by atoms with E-state index in [1.807, 2.05) is 38.8 Å². The number of aliphatic carboxylic acids is 6. The van der Waals surface area contributed by atoms with Crippen LogP contribution in [0.4, 0.5) is 0 Å². The summed E-state index contributed by atoms with van der Waals surface area (Å²) in [5, 5.41) is 51.4. The van der Waals surface area contributed by atoms with Crippen molar-refractivity contribution in [1.82, 2.24) is 0 Å². The molecule has 0 rings (SSSR count). The van der Waals surface area contributed by atoms with Crippen LogP contribution in [0.2, 0.25) is 0 Å². The number of carbonyl (C=O) groups excluding carboxylic acids is 2. The van der Waals surface area contributed by atoms with Gasteiger partial charge in [-0.25, -0.2) is 19.2 Å². The van der Waals surface area contributed by atoms with Gasteiger partial charge in [0.2, 0.25) is 0 Å². The highest BCUT2D eigenvalue weighted by molar-refractivity contribution is 6.27. The van der Waals surface area contributed by atoms with Crippen LogP contribution in [0.3, 0.4) is 0 Å². The molecular weight excluding hydrogens is 340 g/mol. The van der Waals surface area contributed by atoms with Crippen molar-refractivity contribution in [2.75, 3.05) is 28.2 Å². The van der Waals surface area contributed by atoms with Crippen LogP contribution in [0.25, 0.3) is 0 Å². The molecule has 142 valence electrons. The van der Waals surface area contributed by atoms with Gasteiger partial charge in [-0.05, 0) is 0 Å². The number of carbonyl (C=O) groups is 6. The van der Waals surface area contributed by atoms with Crippen LogP contribution in [0.5, 0.6) is 0 Å². The first-order chi connectivity index (χ1) is 10.8. The van der Waals surface area contributed by atoms with Crippen molar-refractivity contribution in [2.45, 2.75) is 0 Å². The number of hydrogen-bond acceptors (Lipinski definition) is 8. The molecule has 0 unspecified atom stereocenters. The third-order valence-electron chi connectivity index (χ3n) is 0.532. The van der Waals surface area contributed by atoms with Gasteiger partial charge < -0.3 is 50.9 Å². The lowest BCUT2D eigenvalue weighted by atomic mass is 10.7. The Kier molecular flexibility index (Phi) is 33.6. The fraction of sp³-hybridized carbons (Fsp3) is 0.400. The van der Waals surface area contributed by atoms with Crippen LogP contribution in [0.15, 0.2) is 0 Å². The van der Waals surface area contributed by atoms with Gasteiger partial charge in [0.25, 0.3) is 0 Å². The molecule has 0 aliphatic rings. The standard InChI is InChI=1S/2C2H7N.3C2H2O4/c2*1-3-2;3*3-1(4)2(5)6/h2*3H,1-2H3;3*(H,3,4)(H,5,6). The molecule has 0 aromatic rings. The molecule has 0 aliphatic heterocycles. The van der Waals surface area contributed by atoms with E-state index < -0.39 is 35.8 Å². The zero-order chi connectivity index (χ0) is 20.9. The van der Waals surface area contributed by atoms with Crippen LogP contribution in [0.1, 0.15) is 0 Å². The fourth-order valence-electron chi connectivity index (χ4n) is 0. The lowest BCUT2D eigenvalue weighted by Crippen LogP contribution is -2.74. The summed E-state index contributed by atoms with van der Waals surface area (Å²) in [5.74, 6) is -11.7. The van der Waals surface area contributed by atoms with Gasteiger partial charge in [-0.3, -0.25) is 0 Å². The van der Waals surface area contributed by atoms with Gasteiger partial charge in [0.15, 0.2) is 11.9 Å². The number of nitrogens with two attached hydrogens (primary N) is 2. The van der Waals surface area contributed by atoms with Crippen LogP contribution in [-0.4, -0.2) is 84.4 Å². The van der Waals surface area contributed by atoms with Crippen LogP contribution in [0, 0.1) is 0 Å². The third-order valence-corrected chi connectivity index (χ3v) is 0.532. The van der Waals surface area contributed by atoms with E-state index in [9.17, 15) is 0 Å². The van der Waals surface area contributed by atoms with E-state index in [0.29, 0.717) is 0 Å². The van der Waals surface area contributed by atoms with Gasteiger partial charge in [-0.2, -0.15) is 0 Å². The summed E-state index contributed by atoms with van der Waals surface area (Å²) in [6.45, 7) is 0. The zero-order valence-electron chi connectivity index (χ0n) is 13.2. The molecule has 0 aliphatic carbocycles. The minimum absolute atomic E-state index is 1.82. The molecule has 0 aromatic carbocycles. The third kappa shape index (κ3) is 77.2. The number of carboxylic acid groups (broad SMARTS) is 6. The van der Waals surface area contributed by atoms with Gasteiger partial charge in [-0.15, -0.1) is 0 Å². The van der Waals surface area contributed by atoms with Crippen LogP contribution < -0.4 is 20.8 Å². The van der Waals surface area contributed by atoms with Crippen LogP contribution in [-0.2, 0) is 28.8 Å². The zero-order valence-corrected chi connectivity index (χ0v) is 13.2. The number of hydrogen-bond donors (Lipinski definition) is 6. The Morgan fingerprint density at radius 1 is 0.542 bits per heavy atom. The van der Waals surface area contributed by atoms with Gasteiger partial charge >= 0.3 is 23.9 Å². The van der Waals surface area contributed by atoms with Crippen molar-refractivity contribution >= 4 is 35.8 Å². The maximum Gasteiger partial charge on any atom is 0.414 e. The fourth-order valence-corrected chi connectivity index (χ4v) is 0. The van der Waals surface area contributed by atoms with Crippen molar-refractivity contribution < 1.29 is 70.0 Å². The summed E-state index contributed by atoms with van der Waals surface area (Å²) in [7, 11) is 8.00. The highest BCUT2D eigenvalue weighted by Crippen LogP contribution is 1.56. The normalized spacial score (nSPS) is 7.00. The molecule has 0 fully saturated rings. The minimum atomic E-state index is -2.07. The Balaban J connectivity index is -0.0000000648. The molecule has 24 heavy (non-hydrogen) atoms. The second kappa shape index (κ2) is 24.7. The maximum absolute atomic E-state index is 9.10. The molecule has 0 spiro atoms. The first-order valence-corrected chi connectivity index (χ1v) is 5.59. The van der Waals surface area contributed by atoms with E-state index in [4.69, 9.17) is 59.4 Å². The summed E-state index contributed by atoms with van der Waals surface area (Å²) in [4.78, 5) is 54.2. The van der Waals surface area contributed by atoms with Crippen molar-refractivity contribution in [3.05, 3.63) is 0 Å². The summed E-state index contributed by atoms with van der Waals surface area (Å²) in [5.41, 5.74) is 0. The maximum atomic E-state index is 9.10. The highest BCUT2D eigenvalue weighted by Gasteiger charge is 2.04. The lowest BCUT2D eigenvalue weighted by molar-refractivity contribution is -0.597. The first-order valence-electron chi connectivity index (χ1n) is 5.59. The first kappa shape index (κ1) is 32.6. The smallest absolute Gasteiger partial charge is 0.414 e. The quantitative estimate of drug-likeness (QED) is 0.220. The molecule has 0 bridgehead atoms. The van der Waals surface area contributed by atoms with Gasteiger partial charge in [-0.1, -0.05) is 0 Å². The van der Waals surface area contributed by atoms with E-state index in [2.05, 4.69) is 0 Å². The Hall–Kier alpha value is -3.26. The topological polar surface area (TPSA) is 263 Å². The van der Waals surface area contributed by atoms with Crippen molar-refractivity contribution in [1.29, 1.82) is 0 Å². The molecule has 14 nitrogen and oxygen atoms in total. The highest BCUT2D eigenvalue weighted by atomic mass is 16.5. The van der Waals surface area contributed by atoms with E-state index in [1.165, 1.54) is 0 Å². The molecule has 0 atom stereocenters. The Morgan fingerprint density at radius 2 is 0.625 bits per heavy atom. The number of carboxylic acids is 6. The molecule has 0 aromatic heterocycles. The molecule has 0 amide bonds. The van der Waals surface area contributed by atoms with Crippen LogP contribution >= 0.6 is 0 Å². The average molecular weight is 360 g/mol. The largest absolute Gasteiger partial charge is 0.539 e. The van der Waals surface area contributed by atoms with E-state index in [1.54, 1.807) is 0 Å². The molecule has 14 heteroatoms. The SMILES string of the molecule is C[NH2+]C.C[NH2+]C.O=C(O)C(=O)O.O=C([O-])C(=O)O.O=C([O-])C(=O)O. The van der Waals surface area contributed by atoms with Crippen molar-refractivity contribution in [3.63, 3.8) is 0 Å². The predicted octanol–water partition coefficient (Wildman–Crippen LogP) is -7.58. The van der Waals surface area contributed by atoms with Gasteiger partial charge in [0.1, 0.15) is 0 Å². The number of quaternary nitrogens is 2. The second-order valence-corrected chi connectivity index (χ2v) is 2.95. The van der Waals surface area contributed by atoms with Gasteiger partial charge in [0.05, 0.1) is 28.2 Å². The molecular formula is C10H20N2O12. The molecule has 0 saturated carbocycles. The van der Waals surface area contributed by atoms with Crippen molar-refractivity contribution in [3.8, 4) is 0 Å².